The summed E-state index contributed by atoms with van der Waals surface area (Å²) in [6.07, 6.45) is 2.48. The highest BCUT2D eigenvalue weighted by Gasteiger charge is 2.48. The SMILES string of the molecule is CN(C)C(Cc1ccc(OS(=O)(=O)C(F)(F)F)cc1)C1(N)CC1. The highest BCUT2D eigenvalue weighted by atomic mass is 32.2. The van der Waals surface area contributed by atoms with E-state index < -0.39 is 15.6 Å². The summed E-state index contributed by atoms with van der Waals surface area (Å²) >= 11 is 0. The van der Waals surface area contributed by atoms with E-state index in [0.717, 1.165) is 18.4 Å². The Balaban J connectivity index is 2.08. The molecule has 23 heavy (non-hydrogen) atoms. The van der Waals surface area contributed by atoms with Gasteiger partial charge in [0.05, 0.1) is 0 Å². The highest BCUT2D eigenvalue weighted by molar-refractivity contribution is 7.87. The van der Waals surface area contributed by atoms with Gasteiger partial charge in [-0.25, -0.2) is 0 Å². The molecule has 0 bridgehead atoms. The van der Waals surface area contributed by atoms with E-state index in [0.29, 0.717) is 6.42 Å². The summed E-state index contributed by atoms with van der Waals surface area (Å²) in [6.45, 7) is 0. The van der Waals surface area contributed by atoms with Gasteiger partial charge >= 0.3 is 15.6 Å². The highest BCUT2D eigenvalue weighted by Crippen LogP contribution is 2.39. The van der Waals surface area contributed by atoms with E-state index in [-0.39, 0.29) is 17.3 Å². The van der Waals surface area contributed by atoms with Crippen molar-refractivity contribution in [3.63, 3.8) is 0 Å². The van der Waals surface area contributed by atoms with E-state index in [1.54, 1.807) is 12.1 Å². The fourth-order valence-corrected chi connectivity index (χ4v) is 2.91. The molecule has 1 aromatic rings. The van der Waals surface area contributed by atoms with Crippen molar-refractivity contribution >= 4 is 10.1 Å². The predicted molar refractivity (Wildman–Crippen MR) is 79.4 cm³/mol. The molecule has 1 fully saturated rings. The second-order valence-electron chi connectivity index (χ2n) is 6.04. The summed E-state index contributed by atoms with van der Waals surface area (Å²) in [5.74, 6) is -0.374. The number of rotatable bonds is 6. The first-order valence-corrected chi connectivity index (χ1v) is 8.40. The third-order valence-corrected chi connectivity index (χ3v) is 4.93. The predicted octanol–water partition coefficient (Wildman–Crippen LogP) is 1.88. The van der Waals surface area contributed by atoms with Crippen LogP contribution in [0, 0.1) is 0 Å². The van der Waals surface area contributed by atoms with Crippen LogP contribution < -0.4 is 9.92 Å². The van der Waals surface area contributed by atoms with Gasteiger partial charge < -0.3 is 14.8 Å². The van der Waals surface area contributed by atoms with Crippen LogP contribution >= 0.6 is 0 Å². The lowest BCUT2D eigenvalue weighted by Crippen LogP contribution is -2.47. The quantitative estimate of drug-likeness (QED) is 0.625. The van der Waals surface area contributed by atoms with Crippen LogP contribution in [0.3, 0.4) is 0 Å². The summed E-state index contributed by atoms with van der Waals surface area (Å²) in [5.41, 5.74) is 1.39. The molecule has 0 saturated heterocycles. The molecule has 1 unspecified atom stereocenters. The summed E-state index contributed by atoms with van der Waals surface area (Å²) < 4.78 is 62.7. The first-order valence-electron chi connectivity index (χ1n) is 7.00. The van der Waals surface area contributed by atoms with Crippen molar-refractivity contribution in [1.29, 1.82) is 0 Å². The van der Waals surface area contributed by atoms with Crippen LogP contribution in [0.5, 0.6) is 5.75 Å². The number of benzene rings is 1. The minimum atomic E-state index is -5.64. The molecule has 5 nitrogen and oxygen atoms in total. The van der Waals surface area contributed by atoms with Gasteiger partial charge in [-0.2, -0.15) is 21.6 Å². The van der Waals surface area contributed by atoms with E-state index in [2.05, 4.69) is 4.18 Å². The van der Waals surface area contributed by atoms with Gasteiger partial charge in [-0.15, -0.1) is 0 Å². The van der Waals surface area contributed by atoms with Crippen LogP contribution in [0.1, 0.15) is 18.4 Å². The van der Waals surface area contributed by atoms with Gasteiger partial charge in [-0.1, -0.05) is 12.1 Å². The largest absolute Gasteiger partial charge is 0.534 e. The second kappa shape index (κ2) is 5.95. The topological polar surface area (TPSA) is 72.6 Å². The Hall–Kier alpha value is -1.32. The molecule has 1 aliphatic carbocycles. The van der Waals surface area contributed by atoms with Gasteiger partial charge in [0.1, 0.15) is 5.75 Å². The molecule has 0 heterocycles. The van der Waals surface area contributed by atoms with Gasteiger partial charge in [0, 0.05) is 11.6 Å². The zero-order valence-corrected chi connectivity index (χ0v) is 13.6. The summed E-state index contributed by atoms with van der Waals surface area (Å²) in [5, 5.41) is 0. The average Bonchev–Trinajstić information content (AvgIpc) is 3.14. The zero-order valence-electron chi connectivity index (χ0n) is 12.8. The van der Waals surface area contributed by atoms with E-state index in [9.17, 15) is 21.6 Å². The van der Waals surface area contributed by atoms with E-state index in [1.165, 1.54) is 12.1 Å². The Labute approximate surface area is 133 Å². The first kappa shape index (κ1) is 18.0. The molecule has 130 valence electrons. The fraction of sp³-hybridized carbons (Fsp3) is 0.571. The van der Waals surface area contributed by atoms with Crippen LogP contribution in [-0.4, -0.2) is 44.5 Å². The number of likely N-dealkylation sites (N-methyl/N-ethyl adjacent to an activating group) is 1. The van der Waals surface area contributed by atoms with E-state index >= 15 is 0 Å². The lowest BCUT2D eigenvalue weighted by molar-refractivity contribution is -0.0500. The Morgan fingerprint density at radius 3 is 2.17 bits per heavy atom. The number of alkyl halides is 3. The molecule has 1 aromatic carbocycles. The number of hydrogen-bond acceptors (Lipinski definition) is 5. The smallest absolute Gasteiger partial charge is 0.376 e. The molecule has 0 aromatic heterocycles. The average molecular weight is 352 g/mol. The van der Waals surface area contributed by atoms with Crippen LogP contribution in [0.2, 0.25) is 0 Å². The maximum absolute atomic E-state index is 12.3. The fourth-order valence-electron chi connectivity index (χ4n) is 2.46. The normalized spacial score (nSPS) is 18.7. The Morgan fingerprint density at radius 2 is 1.78 bits per heavy atom. The minimum Gasteiger partial charge on any atom is -0.376 e. The van der Waals surface area contributed by atoms with Gasteiger partial charge in [0.15, 0.2) is 0 Å². The lowest BCUT2D eigenvalue weighted by Gasteiger charge is -2.30. The second-order valence-corrected chi connectivity index (χ2v) is 7.58. The van der Waals surface area contributed by atoms with Crippen molar-refractivity contribution in [3.05, 3.63) is 29.8 Å². The minimum absolute atomic E-state index is 0.105. The number of nitrogens with zero attached hydrogens (tertiary/aromatic N) is 1. The first-order chi connectivity index (χ1) is 10.4. The van der Waals surface area contributed by atoms with Crippen LogP contribution in [-0.2, 0) is 16.5 Å². The van der Waals surface area contributed by atoms with Crippen LogP contribution in [0.25, 0.3) is 0 Å². The third kappa shape index (κ3) is 4.15. The van der Waals surface area contributed by atoms with Crippen molar-refractivity contribution in [2.45, 2.75) is 36.4 Å². The molecule has 2 rings (SSSR count). The number of hydrogen-bond donors (Lipinski definition) is 1. The molecular formula is C14H19F3N2O3S. The van der Waals surface area contributed by atoms with Gasteiger partial charge in [0.25, 0.3) is 0 Å². The van der Waals surface area contributed by atoms with Crippen LogP contribution in [0.4, 0.5) is 13.2 Å². The molecule has 2 N–H and O–H groups in total. The lowest BCUT2D eigenvalue weighted by atomic mass is 9.97. The Kier molecular flexibility index (Phi) is 4.67. The van der Waals surface area contributed by atoms with Gasteiger partial charge in [-0.3, -0.25) is 0 Å². The summed E-state index contributed by atoms with van der Waals surface area (Å²) in [7, 11) is -1.80. The van der Waals surface area contributed by atoms with Crippen molar-refractivity contribution < 1.29 is 25.8 Å². The molecule has 0 spiro atoms. The van der Waals surface area contributed by atoms with E-state index in [1.807, 2.05) is 19.0 Å². The van der Waals surface area contributed by atoms with Crippen LogP contribution in [0.15, 0.2) is 24.3 Å². The molecule has 0 amide bonds. The van der Waals surface area contributed by atoms with E-state index in [4.69, 9.17) is 5.73 Å². The molecule has 0 aliphatic heterocycles. The summed E-state index contributed by atoms with van der Waals surface area (Å²) in [6, 6.07) is 5.61. The number of halogens is 3. The van der Waals surface area contributed by atoms with Crippen molar-refractivity contribution in [1.82, 2.24) is 4.90 Å². The molecule has 0 radical (unpaired) electrons. The molecular weight excluding hydrogens is 333 g/mol. The molecule has 1 saturated carbocycles. The van der Waals surface area contributed by atoms with Crippen molar-refractivity contribution in [2.24, 2.45) is 5.73 Å². The maximum atomic E-state index is 12.3. The maximum Gasteiger partial charge on any atom is 0.534 e. The molecule has 1 atom stereocenters. The molecule has 1 aliphatic rings. The van der Waals surface area contributed by atoms with Gasteiger partial charge in [-0.05, 0) is 51.1 Å². The van der Waals surface area contributed by atoms with Crippen molar-refractivity contribution in [3.8, 4) is 5.75 Å². The van der Waals surface area contributed by atoms with Gasteiger partial charge in [0.2, 0.25) is 0 Å². The zero-order chi connectivity index (χ0) is 17.5. The monoisotopic (exact) mass is 352 g/mol. The third-order valence-electron chi connectivity index (χ3n) is 3.96. The number of nitrogens with two attached hydrogens (primary N) is 1. The Bertz CT molecular complexity index is 653. The standard InChI is InChI=1S/C14H19F3N2O3S/c1-19(2)12(13(18)7-8-13)9-10-3-5-11(6-4-10)22-23(20,21)14(15,16)17/h3-6,12H,7-9,18H2,1-2H3. The van der Waals surface area contributed by atoms with Crippen molar-refractivity contribution in [2.75, 3.05) is 14.1 Å². The summed E-state index contributed by atoms with van der Waals surface area (Å²) in [4.78, 5) is 2.02. The molecule has 9 heteroatoms. The Morgan fingerprint density at radius 1 is 1.26 bits per heavy atom.